The highest BCUT2D eigenvalue weighted by molar-refractivity contribution is 5.96. The van der Waals surface area contributed by atoms with Crippen LogP contribution >= 0.6 is 0 Å². The van der Waals surface area contributed by atoms with Gasteiger partial charge in [-0.15, -0.1) is 0 Å². The van der Waals surface area contributed by atoms with Crippen LogP contribution in [0.1, 0.15) is 22.8 Å². The van der Waals surface area contributed by atoms with Gasteiger partial charge in [-0.1, -0.05) is 17.7 Å². The molecule has 0 aliphatic carbocycles. The molecular weight excluding hydrogens is 256 g/mol. The molecule has 0 atom stereocenters. The number of pyridine rings is 1. The Bertz CT molecular complexity index is 609. The topological polar surface area (TPSA) is 74.4 Å². The summed E-state index contributed by atoms with van der Waals surface area (Å²) in [6.07, 6.45) is 1.46. The Morgan fingerprint density at radius 2 is 1.95 bits per heavy atom. The summed E-state index contributed by atoms with van der Waals surface area (Å²) in [4.78, 5) is 15.8. The van der Waals surface area contributed by atoms with Crippen LogP contribution in [0, 0.1) is 6.92 Å². The van der Waals surface area contributed by atoms with E-state index in [4.69, 9.17) is 15.2 Å². The van der Waals surface area contributed by atoms with Crippen LogP contribution in [0.2, 0.25) is 0 Å². The van der Waals surface area contributed by atoms with E-state index in [1.54, 1.807) is 6.92 Å². The Balaban J connectivity index is 2.26. The number of aromatic nitrogens is 1. The number of nitrogens with zero attached hydrogens (tertiary/aromatic N) is 1. The Morgan fingerprint density at radius 3 is 2.60 bits per heavy atom. The third kappa shape index (κ3) is 3.06. The average Bonchev–Trinajstić information content (AvgIpc) is 2.44. The highest BCUT2D eigenvalue weighted by Crippen LogP contribution is 2.28. The summed E-state index contributed by atoms with van der Waals surface area (Å²) in [6.45, 7) is 4.01. The molecule has 0 radical (unpaired) electrons. The van der Waals surface area contributed by atoms with Gasteiger partial charge in [-0.3, -0.25) is 0 Å². The molecule has 5 heteroatoms. The van der Waals surface area contributed by atoms with Gasteiger partial charge in [-0.05, 0) is 32.0 Å². The van der Waals surface area contributed by atoms with Crippen LogP contribution in [0.5, 0.6) is 11.6 Å². The van der Waals surface area contributed by atoms with Crippen LogP contribution in [-0.4, -0.2) is 17.6 Å². The first kappa shape index (κ1) is 13.9. The van der Waals surface area contributed by atoms with Crippen LogP contribution in [0.15, 0.2) is 36.5 Å². The lowest BCUT2D eigenvalue weighted by atomic mass is 10.2. The van der Waals surface area contributed by atoms with E-state index in [1.807, 2.05) is 31.2 Å². The minimum atomic E-state index is -0.485. The van der Waals surface area contributed by atoms with Gasteiger partial charge < -0.3 is 15.2 Å². The highest BCUT2D eigenvalue weighted by Gasteiger charge is 2.15. The summed E-state index contributed by atoms with van der Waals surface area (Å²) < 4.78 is 10.5. The number of hydrogen-bond donors (Lipinski definition) is 1. The van der Waals surface area contributed by atoms with Gasteiger partial charge in [0.1, 0.15) is 11.4 Å². The smallest absolute Gasteiger partial charge is 0.340 e. The molecule has 1 heterocycles. The first-order valence-electron chi connectivity index (χ1n) is 6.28. The van der Waals surface area contributed by atoms with Crippen molar-refractivity contribution in [2.45, 2.75) is 13.8 Å². The second-order valence-corrected chi connectivity index (χ2v) is 4.21. The number of aryl methyl sites for hydroxylation is 1. The van der Waals surface area contributed by atoms with Gasteiger partial charge in [-0.25, -0.2) is 9.78 Å². The van der Waals surface area contributed by atoms with E-state index in [-0.39, 0.29) is 23.7 Å². The van der Waals surface area contributed by atoms with Gasteiger partial charge in [0.2, 0.25) is 5.88 Å². The van der Waals surface area contributed by atoms with Crippen LogP contribution in [0.4, 0.5) is 5.69 Å². The van der Waals surface area contributed by atoms with Crippen LogP contribution in [-0.2, 0) is 4.74 Å². The standard InChI is InChI=1S/C15H16N2O3/c1-3-19-15(18)12-8-9-17-14(13(12)16)20-11-6-4-10(2)5-7-11/h4-9H,3,16H2,1-2H3. The summed E-state index contributed by atoms with van der Waals surface area (Å²) in [5.41, 5.74) is 7.45. The first-order valence-corrected chi connectivity index (χ1v) is 6.28. The summed E-state index contributed by atoms with van der Waals surface area (Å²) >= 11 is 0. The second-order valence-electron chi connectivity index (χ2n) is 4.21. The molecule has 20 heavy (non-hydrogen) atoms. The maximum atomic E-state index is 11.7. The SMILES string of the molecule is CCOC(=O)c1ccnc(Oc2ccc(C)cc2)c1N. The molecule has 0 unspecified atom stereocenters. The van der Waals surface area contributed by atoms with Crippen molar-refractivity contribution in [1.82, 2.24) is 4.98 Å². The van der Waals surface area contributed by atoms with Crippen molar-refractivity contribution in [3.8, 4) is 11.6 Å². The number of rotatable bonds is 4. The summed E-state index contributed by atoms with van der Waals surface area (Å²) in [7, 11) is 0. The minimum Gasteiger partial charge on any atom is -0.462 e. The lowest BCUT2D eigenvalue weighted by Gasteiger charge is -2.10. The Hall–Kier alpha value is -2.56. The number of hydrogen-bond acceptors (Lipinski definition) is 5. The van der Waals surface area contributed by atoms with Crippen LogP contribution in [0.25, 0.3) is 0 Å². The quantitative estimate of drug-likeness (QED) is 0.866. The molecule has 1 aromatic carbocycles. The van der Waals surface area contributed by atoms with Crippen molar-refractivity contribution in [2.24, 2.45) is 0 Å². The van der Waals surface area contributed by atoms with Crippen LogP contribution in [0.3, 0.4) is 0 Å². The lowest BCUT2D eigenvalue weighted by Crippen LogP contribution is -2.09. The van der Waals surface area contributed by atoms with Crippen LogP contribution < -0.4 is 10.5 Å². The van der Waals surface area contributed by atoms with Crippen molar-refractivity contribution in [3.05, 3.63) is 47.7 Å². The van der Waals surface area contributed by atoms with E-state index >= 15 is 0 Å². The lowest BCUT2D eigenvalue weighted by molar-refractivity contribution is 0.0527. The van der Waals surface area contributed by atoms with E-state index in [1.165, 1.54) is 12.3 Å². The average molecular weight is 272 g/mol. The number of nitrogen functional groups attached to an aromatic ring is 1. The second kappa shape index (κ2) is 6.06. The van der Waals surface area contributed by atoms with E-state index in [9.17, 15) is 4.79 Å². The van der Waals surface area contributed by atoms with Crippen molar-refractivity contribution in [3.63, 3.8) is 0 Å². The third-order valence-electron chi connectivity index (χ3n) is 2.68. The number of nitrogens with two attached hydrogens (primary N) is 1. The Labute approximate surface area is 117 Å². The monoisotopic (exact) mass is 272 g/mol. The zero-order valence-electron chi connectivity index (χ0n) is 11.4. The number of carbonyl (C=O) groups is 1. The Kier molecular flexibility index (Phi) is 4.20. The predicted octanol–water partition coefficient (Wildman–Crippen LogP) is 2.94. The van der Waals surface area contributed by atoms with E-state index in [0.29, 0.717) is 5.75 Å². The number of anilines is 1. The van der Waals surface area contributed by atoms with Gasteiger partial charge in [-0.2, -0.15) is 0 Å². The molecule has 5 nitrogen and oxygen atoms in total. The first-order chi connectivity index (χ1) is 9.61. The number of esters is 1. The molecular formula is C15H16N2O3. The Morgan fingerprint density at radius 1 is 1.25 bits per heavy atom. The fourth-order valence-electron chi connectivity index (χ4n) is 1.64. The number of benzene rings is 1. The van der Waals surface area contributed by atoms with Crippen molar-refractivity contribution >= 4 is 11.7 Å². The largest absolute Gasteiger partial charge is 0.462 e. The molecule has 0 saturated carbocycles. The van der Waals surface area contributed by atoms with Gasteiger partial charge in [0.05, 0.1) is 12.2 Å². The maximum absolute atomic E-state index is 11.7. The fraction of sp³-hybridized carbons (Fsp3) is 0.200. The summed E-state index contributed by atoms with van der Waals surface area (Å²) in [6, 6.07) is 8.97. The molecule has 0 fully saturated rings. The van der Waals surface area contributed by atoms with Gasteiger partial charge in [0.15, 0.2) is 0 Å². The van der Waals surface area contributed by atoms with Gasteiger partial charge >= 0.3 is 5.97 Å². The molecule has 0 aliphatic rings. The molecule has 2 rings (SSSR count). The molecule has 0 bridgehead atoms. The minimum absolute atomic E-state index is 0.173. The van der Waals surface area contributed by atoms with E-state index < -0.39 is 5.97 Å². The molecule has 0 amide bonds. The van der Waals surface area contributed by atoms with Crippen molar-refractivity contribution < 1.29 is 14.3 Å². The highest BCUT2D eigenvalue weighted by atomic mass is 16.5. The normalized spacial score (nSPS) is 10.1. The number of carbonyl (C=O) groups excluding carboxylic acids is 1. The van der Waals surface area contributed by atoms with Crippen molar-refractivity contribution in [1.29, 1.82) is 0 Å². The number of ether oxygens (including phenoxy) is 2. The third-order valence-corrected chi connectivity index (χ3v) is 2.68. The molecule has 2 N–H and O–H groups in total. The molecule has 0 aliphatic heterocycles. The molecule has 0 saturated heterocycles. The van der Waals surface area contributed by atoms with Gasteiger partial charge in [0, 0.05) is 6.20 Å². The molecule has 104 valence electrons. The van der Waals surface area contributed by atoms with Gasteiger partial charge in [0.25, 0.3) is 0 Å². The molecule has 1 aromatic heterocycles. The molecule has 2 aromatic rings. The maximum Gasteiger partial charge on any atom is 0.340 e. The summed E-state index contributed by atoms with van der Waals surface area (Å²) in [5.74, 6) is 0.316. The van der Waals surface area contributed by atoms with E-state index in [2.05, 4.69) is 4.98 Å². The van der Waals surface area contributed by atoms with Crippen molar-refractivity contribution in [2.75, 3.05) is 12.3 Å². The molecule has 0 spiro atoms. The fourth-order valence-corrected chi connectivity index (χ4v) is 1.64. The van der Waals surface area contributed by atoms with E-state index in [0.717, 1.165) is 5.56 Å². The summed E-state index contributed by atoms with van der Waals surface area (Å²) in [5, 5.41) is 0. The predicted molar refractivity (Wildman–Crippen MR) is 75.9 cm³/mol. The zero-order valence-corrected chi connectivity index (χ0v) is 11.4. The zero-order chi connectivity index (χ0) is 14.5.